The number of anilines is 1. The fourth-order valence-corrected chi connectivity index (χ4v) is 4.19. The molecule has 2 aromatic rings. The number of aryl methyl sites for hydroxylation is 2. The van der Waals surface area contributed by atoms with Crippen molar-refractivity contribution in [3.8, 4) is 0 Å². The van der Waals surface area contributed by atoms with Crippen molar-refractivity contribution < 1.29 is 13.2 Å². The summed E-state index contributed by atoms with van der Waals surface area (Å²) in [5.41, 5.74) is 2.59. The van der Waals surface area contributed by atoms with Gasteiger partial charge in [-0.2, -0.15) is 4.72 Å². The van der Waals surface area contributed by atoms with E-state index in [0.717, 1.165) is 11.1 Å². The first-order valence-electron chi connectivity index (χ1n) is 7.45. The van der Waals surface area contributed by atoms with E-state index in [1.165, 1.54) is 25.1 Å². The predicted octanol–water partition coefficient (Wildman–Crippen LogP) is 3.92. The van der Waals surface area contributed by atoms with Gasteiger partial charge in [0.2, 0.25) is 15.9 Å². The van der Waals surface area contributed by atoms with Crippen LogP contribution in [-0.4, -0.2) is 20.4 Å². The van der Waals surface area contributed by atoms with Gasteiger partial charge in [0.25, 0.3) is 0 Å². The second-order valence-corrected chi connectivity index (χ2v) is 8.25. The molecule has 0 aromatic heterocycles. The topological polar surface area (TPSA) is 75.3 Å². The van der Waals surface area contributed by atoms with Crippen LogP contribution in [0, 0.1) is 13.8 Å². The lowest BCUT2D eigenvalue weighted by Crippen LogP contribution is -2.41. The van der Waals surface area contributed by atoms with E-state index in [2.05, 4.69) is 10.0 Å². The monoisotopic (exact) mass is 400 g/mol. The number of nitrogens with one attached hydrogen (secondary N) is 2. The minimum absolute atomic E-state index is 0.0267. The van der Waals surface area contributed by atoms with E-state index in [0.29, 0.717) is 5.69 Å². The fourth-order valence-electron chi connectivity index (χ4n) is 2.23. The van der Waals surface area contributed by atoms with Crippen LogP contribution in [0.15, 0.2) is 41.3 Å². The van der Waals surface area contributed by atoms with Crippen LogP contribution in [0.5, 0.6) is 0 Å². The second-order valence-electron chi connectivity index (χ2n) is 5.73. The third kappa shape index (κ3) is 4.95. The summed E-state index contributed by atoms with van der Waals surface area (Å²) >= 11 is 11.8. The Bertz CT molecular complexity index is 914. The second kappa shape index (κ2) is 7.74. The average molecular weight is 401 g/mol. The largest absolute Gasteiger partial charge is 0.324 e. The van der Waals surface area contributed by atoms with Crippen LogP contribution < -0.4 is 10.0 Å². The molecule has 8 heteroatoms. The number of hydrogen-bond donors (Lipinski definition) is 2. The van der Waals surface area contributed by atoms with Crippen molar-refractivity contribution in [2.75, 3.05) is 5.32 Å². The summed E-state index contributed by atoms with van der Waals surface area (Å²) in [6, 6.07) is 8.68. The van der Waals surface area contributed by atoms with E-state index in [1.807, 2.05) is 26.0 Å². The lowest BCUT2D eigenvalue weighted by molar-refractivity contribution is -0.117. The van der Waals surface area contributed by atoms with Gasteiger partial charge in [-0.3, -0.25) is 4.79 Å². The number of sulfonamides is 1. The number of hydrogen-bond acceptors (Lipinski definition) is 3. The number of benzene rings is 2. The fraction of sp³-hybridized carbons (Fsp3) is 0.235. The molecule has 1 atom stereocenters. The van der Waals surface area contributed by atoms with Crippen molar-refractivity contribution in [1.82, 2.24) is 4.72 Å². The molecular weight excluding hydrogens is 383 g/mol. The van der Waals surface area contributed by atoms with Crippen molar-refractivity contribution in [1.29, 1.82) is 0 Å². The van der Waals surface area contributed by atoms with Gasteiger partial charge in [0.05, 0.1) is 11.1 Å². The third-order valence-corrected chi connectivity index (χ3v) is 5.81. The van der Waals surface area contributed by atoms with Crippen LogP contribution in [0.2, 0.25) is 10.0 Å². The molecular formula is C17H18Cl2N2O3S. The Morgan fingerprint density at radius 2 is 1.76 bits per heavy atom. The van der Waals surface area contributed by atoms with Gasteiger partial charge in [0, 0.05) is 10.7 Å². The average Bonchev–Trinajstić information content (AvgIpc) is 2.51. The molecule has 0 aliphatic heterocycles. The first-order chi connectivity index (χ1) is 11.6. The van der Waals surface area contributed by atoms with Crippen molar-refractivity contribution in [3.63, 3.8) is 0 Å². The normalized spacial score (nSPS) is 12.7. The molecule has 0 aliphatic carbocycles. The van der Waals surface area contributed by atoms with E-state index in [1.54, 1.807) is 6.07 Å². The molecule has 0 saturated carbocycles. The molecule has 0 bridgehead atoms. The number of carbonyl (C=O) groups excluding carboxylic acids is 1. The summed E-state index contributed by atoms with van der Waals surface area (Å²) in [5, 5.41) is 2.97. The van der Waals surface area contributed by atoms with E-state index in [-0.39, 0.29) is 14.9 Å². The smallest absolute Gasteiger partial charge is 0.242 e. The molecule has 0 spiro atoms. The molecule has 1 amide bonds. The van der Waals surface area contributed by atoms with Gasteiger partial charge < -0.3 is 5.32 Å². The summed E-state index contributed by atoms with van der Waals surface area (Å²) < 4.78 is 27.2. The minimum atomic E-state index is -3.99. The molecule has 0 unspecified atom stereocenters. The highest BCUT2D eigenvalue weighted by Crippen LogP contribution is 2.25. The van der Waals surface area contributed by atoms with Crippen molar-refractivity contribution >= 4 is 44.8 Å². The van der Waals surface area contributed by atoms with Crippen LogP contribution in [0.25, 0.3) is 0 Å². The highest BCUT2D eigenvalue weighted by molar-refractivity contribution is 7.89. The molecule has 25 heavy (non-hydrogen) atoms. The minimum Gasteiger partial charge on any atom is -0.324 e. The Hall–Kier alpha value is -1.60. The molecule has 5 nitrogen and oxygen atoms in total. The van der Waals surface area contributed by atoms with E-state index in [4.69, 9.17) is 23.2 Å². The molecule has 134 valence electrons. The lowest BCUT2D eigenvalue weighted by atomic mass is 10.1. The number of carbonyl (C=O) groups is 1. The predicted molar refractivity (Wildman–Crippen MR) is 101 cm³/mol. The van der Waals surface area contributed by atoms with Gasteiger partial charge in [-0.05, 0) is 50.6 Å². The zero-order valence-electron chi connectivity index (χ0n) is 13.9. The Labute approximate surface area is 157 Å². The summed E-state index contributed by atoms with van der Waals surface area (Å²) in [5.74, 6) is -0.478. The van der Waals surface area contributed by atoms with Gasteiger partial charge in [0.15, 0.2) is 0 Å². The Kier molecular flexibility index (Phi) is 6.11. The third-order valence-electron chi connectivity index (χ3n) is 3.55. The van der Waals surface area contributed by atoms with Crippen LogP contribution in [0.3, 0.4) is 0 Å². The molecule has 0 saturated heterocycles. The van der Waals surface area contributed by atoms with Crippen LogP contribution in [-0.2, 0) is 14.8 Å². The zero-order valence-corrected chi connectivity index (χ0v) is 16.3. The van der Waals surface area contributed by atoms with Crippen molar-refractivity contribution in [3.05, 3.63) is 57.6 Å². The summed E-state index contributed by atoms with van der Waals surface area (Å²) in [4.78, 5) is 12.1. The summed E-state index contributed by atoms with van der Waals surface area (Å²) in [6.07, 6.45) is 0. The molecule has 0 fully saturated rings. The SMILES string of the molecule is Cc1ccc(NC(=O)[C@@H](C)NS(=O)(=O)c2cc(Cl)ccc2Cl)c(C)c1. The van der Waals surface area contributed by atoms with Crippen LogP contribution in [0.4, 0.5) is 5.69 Å². The van der Waals surface area contributed by atoms with Crippen LogP contribution >= 0.6 is 23.2 Å². The van der Waals surface area contributed by atoms with Crippen molar-refractivity contribution in [2.45, 2.75) is 31.7 Å². The first-order valence-corrected chi connectivity index (χ1v) is 9.69. The molecule has 0 radical (unpaired) electrons. The van der Waals surface area contributed by atoms with E-state index in [9.17, 15) is 13.2 Å². The quantitative estimate of drug-likeness (QED) is 0.798. The molecule has 2 rings (SSSR count). The standard InChI is InChI=1S/C17H18Cl2N2O3S/c1-10-4-7-15(11(2)8-10)20-17(22)12(3)21-25(23,24)16-9-13(18)5-6-14(16)19/h4-9,12,21H,1-3H3,(H,20,22)/t12-/m1/s1. The lowest BCUT2D eigenvalue weighted by Gasteiger charge is -2.16. The van der Waals surface area contributed by atoms with E-state index >= 15 is 0 Å². The first kappa shape index (κ1) is 19.7. The Morgan fingerprint density at radius 3 is 2.40 bits per heavy atom. The zero-order chi connectivity index (χ0) is 18.8. The highest BCUT2D eigenvalue weighted by atomic mass is 35.5. The number of halogens is 2. The molecule has 0 heterocycles. The summed E-state index contributed by atoms with van der Waals surface area (Å²) in [7, 11) is -3.99. The van der Waals surface area contributed by atoms with E-state index < -0.39 is 22.0 Å². The molecule has 2 aromatic carbocycles. The summed E-state index contributed by atoms with van der Waals surface area (Å²) in [6.45, 7) is 5.27. The maximum absolute atomic E-state index is 12.4. The number of rotatable bonds is 5. The van der Waals surface area contributed by atoms with Gasteiger partial charge in [0.1, 0.15) is 4.90 Å². The van der Waals surface area contributed by atoms with Crippen molar-refractivity contribution in [2.24, 2.45) is 0 Å². The van der Waals surface area contributed by atoms with Gasteiger partial charge in [-0.1, -0.05) is 40.9 Å². The maximum atomic E-state index is 12.4. The Balaban J connectivity index is 2.16. The highest BCUT2D eigenvalue weighted by Gasteiger charge is 2.24. The molecule has 0 aliphatic rings. The van der Waals surface area contributed by atoms with Gasteiger partial charge in [-0.25, -0.2) is 8.42 Å². The van der Waals surface area contributed by atoms with Gasteiger partial charge >= 0.3 is 0 Å². The number of amides is 1. The maximum Gasteiger partial charge on any atom is 0.242 e. The Morgan fingerprint density at radius 1 is 1.08 bits per heavy atom. The van der Waals surface area contributed by atoms with Crippen LogP contribution in [0.1, 0.15) is 18.1 Å². The molecule has 2 N–H and O–H groups in total. The van der Waals surface area contributed by atoms with Gasteiger partial charge in [-0.15, -0.1) is 0 Å².